The van der Waals surface area contributed by atoms with Gasteiger partial charge in [0.1, 0.15) is 17.0 Å². The number of halogens is 4. The van der Waals surface area contributed by atoms with Crippen molar-refractivity contribution in [1.29, 1.82) is 0 Å². The van der Waals surface area contributed by atoms with E-state index in [4.69, 9.17) is 11.6 Å². The van der Waals surface area contributed by atoms with E-state index in [1.807, 2.05) is 112 Å². The van der Waals surface area contributed by atoms with Crippen LogP contribution in [0.3, 0.4) is 0 Å². The molecule has 0 bridgehead atoms. The van der Waals surface area contributed by atoms with E-state index in [1.165, 1.54) is 40.6 Å². The number of nitrogens with one attached hydrogen (secondary N) is 4. The molecule has 5 amide bonds. The Morgan fingerprint density at radius 3 is 2.09 bits per heavy atom. The third kappa shape index (κ3) is 20.6. The third-order valence-corrected chi connectivity index (χ3v) is 25.4. The number of sulfone groups is 1. The van der Waals surface area contributed by atoms with Crippen LogP contribution in [-0.2, 0) is 39.0 Å². The molecule has 4 atom stereocenters. The average Bonchev–Trinajstić information content (AvgIpc) is 0.839. The van der Waals surface area contributed by atoms with Crippen LogP contribution in [0.15, 0.2) is 147 Å². The summed E-state index contributed by atoms with van der Waals surface area (Å²) in [4.78, 5) is 82.8. The molecule has 0 spiro atoms. The molecule has 0 radical (unpaired) electrons. The molecule has 4 unspecified atom stereocenters. The van der Waals surface area contributed by atoms with Crippen LogP contribution in [0.5, 0.6) is 0 Å². The second-order valence-corrected chi connectivity index (χ2v) is 35.5. The molecular weight excluding hydrogens is 1430 g/mol. The van der Waals surface area contributed by atoms with Crippen molar-refractivity contribution in [2.75, 3.05) is 88.0 Å². The minimum absolute atomic E-state index is 0.0375. The monoisotopic (exact) mass is 1520 g/mol. The van der Waals surface area contributed by atoms with Crippen molar-refractivity contribution >= 4 is 101 Å². The second kappa shape index (κ2) is 34.5. The predicted molar refractivity (Wildman–Crippen MR) is 406 cm³/mol. The zero-order valence-electron chi connectivity index (χ0n) is 60.2. The Bertz CT molecular complexity index is 4260. The van der Waals surface area contributed by atoms with Crippen LogP contribution in [0.2, 0.25) is 5.02 Å². The molecule has 4 heterocycles. The number of aryl methyl sites for hydroxylation is 1. The van der Waals surface area contributed by atoms with Crippen molar-refractivity contribution in [1.82, 2.24) is 39.9 Å². The number of aromatic nitrogens is 1. The van der Waals surface area contributed by atoms with Gasteiger partial charge in [0.25, 0.3) is 25.8 Å². The maximum Gasteiger partial charge on any atom is 0.501 e. The maximum atomic E-state index is 14.6. The second-order valence-electron chi connectivity index (χ2n) is 29.5. The molecule has 5 aromatic carbocycles. The Kier molecular flexibility index (Phi) is 26.3. The molecule has 4 N–H and O–H groups in total. The summed E-state index contributed by atoms with van der Waals surface area (Å²) in [6, 6.07) is 31.5. The van der Waals surface area contributed by atoms with E-state index in [0.29, 0.717) is 102 Å². The van der Waals surface area contributed by atoms with Crippen molar-refractivity contribution in [2.45, 2.75) is 163 Å². The van der Waals surface area contributed by atoms with Crippen LogP contribution in [0.1, 0.15) is 145 Å². The van der Waals surface area contributed by atoms with Gasteiger partial charge in [-0.25, -0.2) is 26.5 Å². The largest absolute Gasteiger partial charge is 0.501 e. The molecule has 1 aromatic heterocycles. The highest BCUT2D eigenvalue weighted by molar-refractivity contribution is 7.99. The zero-order chi connectivity index (χ0) is 74.7. The molecular formula is C77H96ClF3N10O9S4. The lowest BCUT2D eigenvalue weighted by Crippen LogP contribution is -2.57. The fourth-order valence-corrected chi connectivity index (χ4v) is 18.0. The number of alkyl halides is 3. The van der Waals surface area contributed by atoms with Gasteiger partial charge in [-0.3, -0.25) is 33.8 Å². The average molecular weight is 1530 g/mol. The number of allylic oxidation sites excluding steroid dienone is 1. The Hall–Kier alpha value is -7.33. The van der Waals surface area contributed by atoms with E-state index < -0.39 is 70.3 Å². The van der Waals surface area contributed by atoms with E-state index in [0.717, 1.165) is 83.3 Å². The van der Waals surface area contributed by atoms with Gasteiger partial charge >= 0.3 is 5.51 Å². The van der Waals surface area contributed by atoms with Gasteiger partial charge in [0.2, 0.25) is 23.6 Å². The molecule has 560 valence electrons. The highest BCUT2D eigenvalue weighted by Gasteiger charge is 2.49. The summed E-state index contributed by atoms with van der Waals surface area (Å²) in [6.45, 7) is 20.6. The summed E-state index contributed by atoms with van der Waals surface area (Å²) < 4.78 is 100. The van der Waals surface area contributed by atoms with Gasteiger partial charge in [0, 0.05) is 118 Å². The lowest BCUT2D eigenvalue weighted by Gasteiger charge is -2.39. The number of sulfonamides is 1. The van der Waals surface area contributed by atoms with E-state index in [-0.39, 0.29) is 59.2 Å². The molecule has 4 aliphatic rings. The summed E-state index contributed by atoms with van der Waals surface area (Å²) in [6.07, 6.45) is 6.58. The number of rotatable bonds is 28. The number of benzene rings is 5. The topological polar surface area (TPSA) is 231 Å². The van der Waals surface area contributed by atoms with Crippen LogP contribution in [0, 0.1) is 17.8 Å². The fourth-order valence-electron chi connectivity index (χ4n) is 14.0. The minimum atomic E-state index is -6.18. The lowest BCUT2D eigenvalue weighted by molar-refractivity contribution is -0.144. The van der Waals surface area contributed by atoms with Crippen molar-refractivity contribution in [3.05, 3.63) is 160 Å². The number of nitrogens with zero attached hydrogens (tertiary/aromatic N) is 6. The van der Waals surface area contributed by atoms with Gasteiger partial charge < -0.3 is 30.7 Å². The number of hydrogen-bond acceptors (Lipinski definition) is 16. The van der Waals surface area contributed by atoms with Crippen LogP contribution >= 0.6 is 34.7 Å². The number of carbonyl (C=O) groups excluding carboxylic acids is 5. The van der Waals surface area contributed by atoms with Crippen molar-refractivity contribution in [3.63, 3.8) is 0 Å². The van der Waals surface area contributed by atoms with Gasteiger partial charge in [-0.15, -0.1) is 23.1 Å². The number of likely N-dealkylation sites (tertiary alicyclic amines) is 1. The molecule has 10 rings (SSSR count). The number of amides is 5. The maximum absolute atomic E-state index is 14.6. The Morgan fingerprint density at radius 2 is 1.43 bits per heavy atom. The molecule has 3 fully saturated rings. The SMILES string of the molecule is Cc1ncsc1-c1ccc(C(C)NC(=O)C2CCCN2C(=O)C(NC(=O)CCCCCC(=O)N2CCN(CCC(CSc3ccccc3)Nc3ccc(S(=O)(=O)NC(=O)c4ccc(N5CCN(CC6=C(c7ccc(Cl)cc7)CCC(C)(C)C6)CC5)cc4)cc3S(=O)(=O)C(F)(F)F)CC2)C(C)(C)C)cc1. The van der Waals surface area contributed by atoms with Crippen LogP contribution in [0.25, 0.3) is 16.0 Å². The summed E-state index contributed by atoms with van der Waals surface area (Å²) in [7, 11) is -11.1. The molecule has 3 aliphatic heterocycles. The van der Waals surface area contributed by atoms with E-state index >= 15 is 0 Å². The molecule has 19 nitrogen and oxygen atoms in total. The number of piperazine rings is 2. The van der Waals surface area contributed by atoms with Crippen molar-refractivity contribution in [3.8, 4) is 10.4 Å². The molecule has 104 heavy (non-hydrogen) atoms. The van der Waals surface area contributed by atoms with Gasteiger partial charge in [-0.2, -0.15) is 13.2 Å². The summed E-state index contributed by atoms with van der Waals surface area (Å²) in [5.41, 5.74) is 2.77. The standard InChI is InChI=1S/C77H96ClF3N10O9S4/c1-52(54-20-22-56(23-21-54)70-53(2)82-51-102-70)83-73(95)66-17-14-37-91(66)74(96)71(75(3,4)5)85-68(92)18-12-9-13-19-69(93)90-45-39-87(40-46-90)38-35-60(50-101-62-15-10-8-11-16-62)84-65-33-32-63(47-67(65)103(97,98)77(79,80)81)104(99,100)86-72(94)57-26-30-61(31-27-57)89-43-41-88(42-44-89)49-58-48-76(6,7)36-34-64(58)55-24-28-59(78)29-25-55/h8,10-11,15-16,20-33,47,51-52,60,66,71,84H,9,12-14,17-19,34-46,48-50H2,1-7H3,(H,83,95)(H,85,92)(H,86,94). The molecule has 3 saturated heterocycles. The molecule has 27 heteroatoms. The summed E-state index contributed by atoms with van der Waals surface area (Å²) >= 11 is 9.20. The lowest BCUT2D eigenvalue weighted by atomic mass is 9.73. The van der Waals surface area contributed by atoms with Crippen LogP contribution in [0.4, 0.5) is 24.5 Å². The van der Waals surface area contributed by atoms with E-state index in [9.17, 15) is 54.0 Å². The first kappa shape index (κ1) is 79.2. The normalized spacial score (nSPS) is 18.0. The quantitative estimate of drug-likeness (QED) is 0.0264. The first-order chi connectivity index (χ1) is 49.3. The van der Waals surface area contributed by atoms with E-state index in [1.54, 1.807) is 33.3 Å². The fraction of sp³-hybridized carbons (Fsp3) is 0.481. The Morgan fingerprint density at radius 1 is 0.769 bits per heavy atom. The highest BCUT2D eigenvalue weighted by Crippen LogP contribution is 2.44. The number of hydrogen-bond donors (Lipinski definition) is 4. The molecule has 1 aliphatic carbocycles. The minimum Gasteiger partial charge on any atom is -0.380 e. The highest BCUT2D eigenvalue weighted by atomic mass is 35.5. The first-order valence-corrected chi connectivity index (χ1v) is 41.0. The first-order valence-electron chi connectivity index (χ1n) is 35.7. The van der Waals surface area contributed by atoms with Crippen LogP contribution in [-0.4, -0.2) is 172 Å². The van der Waals surface area contributed by atoms with Crippen molar-refractivity contribution in [2.24, 2.45) is 10.8 Å². The number of thioether (sulfide) groups is 1. The van der Waals surface area contributed by atoms with E-state index in [2.05, 4.69) is 61.6 Å². The Balaban J connectivity index is 0.687. The third-order valence-electron chi connectivity index (χ3n) is 20.1. The predicted octanol–water partition coefficient (Wildman–Crippen LogP) is 13.4. The number of thiazole rings is 1. The summed E-state index contributed by atoms with van der Waals surface area (Å²) in [5, 5.41) is 9.81. The zero-order valence-corrected chi connectivity index (χ0v) is 64.2. The molecule has 6 aromatic rings. The smallest absolute Gasteiger partial charge is 0.380 e. The van der Waals surface area contributed by atoms with Gasteiger partial charge in [0.15, 0.2) is 0 Å². The van der Waals surface area contributed by atoms with Gasteiger partial charge in [0.05, 0.1) is 32.7 Å². The van der Waals surface area contributed by atoms with Crippen molar-refractivity contribution < 1.29 is 54.0 Å². The summed E-state index contributed by atoms with van der Waals surface area (Å²) in [5.74, 6) is -1.68. The van der Waals surface area contributed by atoms with Crippen LogP contribution < -0.4 is 25.6 Å². The number of carbonyl (C=O) groups is 5. The van der Waals surface area contributed by atoms with Gasteiger partial charge in [-0.1, -0.05) is 113 Å². The Labute approximate surface area is 623 Å². The number of anilines is 2. The molecule has 0 saturated carbocycles. The van der Waals surface area contributed by atoms with Gasteiger partial charge in [-0.05, 0) is 165 Å². The number of unbranched alkanes of at least 4 members (excludes halogenated alkanes) is 2.